The number of carbonyl (C=O) groups is 4. The fraction of sp³-hybridized carbons (Fsp3) is 0.763. The Kier molecular flexibility index (Phi) is 43.7. The van der Waals surface area contributed by atoms with Crippen molar-refractivity contribution >= 4 is 23.9 Å². The van der Waals surface area contributed by atoms with Crippen molar-refractivity contribution in [3.8, 4) is 0 Å². The van der Waals surface area contributed by atoms with E-state index in [4.69, 9.17) is 23.7 Å². The van der Waals surface area contributed by atoms with Crippen LogP contribution < -0.4 is 0 Å². The van der Waals surface area contributed by atoms with Gasteiger partial charge in [0.1, 0.15) is 18.8 Å². The molecule has 1 heterocycles. The second kappa shape index (κ2) is 47.4. The van der Waals surface area contributed by atoms with Crippen molar-refractivity contribution in [2.45, 2.75) is 276 Å². The van der Waals surface area contributed by atoms with Gasteiger partial charge in [0.25, 0.3) is 0 Å². The van der Waals surface area contributed by atoms with Crippen molar-refractivity contribution in [3.05, 3.63) is 60.8 Å². The van der Waals surface area contributed by atoms with Crippen LogP contribution >= 0.6 is 0 Å². The molecule has 0 aromatic heterocycles. The Hall–Kier alpha value is -3.58. The Balaban J connectivity index is 2.73. The van der Waals surface area contributed by atoms with Crippen molar-refractivity contribution in [1.29, 1.82) is 0 Å². The second-order valence-corrected chi connectivity index (χ2v) is 19.2. The number of aliphatic carboxylic acids is 1. The number of esters is 3. The molecule has 1 aliphatic rings. The lowest BCUT2D eigenvalue weighted by molar-refractivity contribution is -0.301. The van der Waals surface area contributed by atoms with Crippen LogP contribution in [0, 0.1) is 0 Å². The van der Waals surface area contributed by atoms with Gasteiger partial charge in [-0.1, -0.05) is 178 Å². The zero-order valence-electron chi connectivity index (χ0n) is 44.7. The lowest BCUT2D eigenvalue weighted by atomic mass is 9.98. The van der Waals surface area contributed by atoms with Crippen LogP contribution in [0.3, 0.4) is 0 Å². The van der Waals surface area contributed by atoms with E-state index < -0.39 is 67.3 Å². The highest BCUT2D eigenvalue weighted by atomic mass is 16.7. The van der Waals surface area contributed by atoms with E-state index in [9.17, 15) is 34.5 Å². The van der Waals surface area contributed by atoms with Gasteiger partial charge < -0.3 is 39.0 Å². The first kappa shape index (κ1) is 65.4. The first-order chi connectivity index (χ1) is 34.6. The summed E-state index contributed by atoms with van der Waals surface area (Å²) in [6, 6.07) is 0. The maximum atomic E-state index is 13.1. The minimum atomic E-state index is -1.91. The number of carboxylic acid groups (broad SMARTS) is 1. The predicted octanol–water partition coefficient (Wildman–Crippen LogP) is 14.0. The average Bonchev–Trinajstić information content (AvgIpc) is 3.35. The molecule has 0 bridgehead atoms. The molecule has 0 aromatic carbocycles. The monoisotopic (exact) mass is 1000 g/mol. The molecule has 0 radical (unpaired) electrons. The van der Waals surface area contributed by atoms with E-state index >= 15 is 0 Å². The predicted molar refractivity (Wildman–Crippen MR) is 285 cm³/mol. The van der Waals surface area contributed by atoms with Crippen LogP contribution in [0.1, 0.15) is 239 Å². The third-order valence-corrected chi connectivity index (χ3v) is 12.5. The van der Waals surface area contributed by atoms with Crippen LogP contribution in [-0.4, -0.2) is 89.2 Å². The molecule has 12 heteroatoms. The van der Waals surface area contributed by atoms with Crippen LogP contribution in [0.4, 0.5) is 0 Å². The van der Waals surface area contributed by atoms with Gasteiger partial charge in [0.2, 0.25) is 0 Å². The second-order valence-electron chi connectivity index (χ2n) is 19.2. The number of unbranched alkanes of at least 4 members (excludes halogenated alkanes) is 23. The summed E-state index contributed by atoms with van der Waals surface area (Å²) in [7, 11) is 0. The maximum absolute atomic E-state index is 13.1. The van der Waals surface area contributed by atoms with Crippen molar-refractivity contribution in [2.75, 3.05) is 13.2 Å². The fourth-order valence-electron chi connectivity index (χ4n) is 8.19. The Morgan fingerprint density at radius 3 is 1.39 bits per heavy atom. The fourth-order valence-corrected chi connectivity index (χ4v) is 8.19. The quantitative estimate of drug-likeness (QED) is 0.0228. The molecule has 408 valence electrons. The Morgan fingerprint density at radius 2 is 0.887 bits per heavy atom. The number of allylic oxidation sites excluding steroid dienone is 10. The molecular weight excluding hydrogens is 901 g/mol. The Morgan fingerprint density at radius 1 is 0.479 bits per heavy atom. The van der Waals surface area contributed by atoms with Crippen LogP contribution in [0.2, 0.25) is 0 Å². The SMILES string of the molecule is CC/C=C\C/C=C\C/C=C\CCCCCC(=O)OCC(COC1OC(C(=O)O)C(O)C(O)C1OC(=O)CCCCCCC/C=C\CCCCCCCC)OC(=O)CCCCCCC/C=C\CCCCCC. The standard InChI is InChI=1S/C59H100O12/c1-4-7-10-13-16-19-22-25-26-29-32-35-38-41-44-47-53(62)70-57-55(64)54(63)56(58(65)66)71-59(57)68-49-50(69-52(61)46-43-40-37-34-31-28-24-21-18-15-12-9-6-3)48-67-51(60)45-42-39-36-33-30-27-23-20-17-14-11-8-5-2/h8,11,17,20-21,24-27,30,50,54-57,59,63-64H,4-7,9-10,12-16,18-19,22-23,28-29,31-49H2,1-3H3,(H,65,66)/b11-8-,20-17-,24-21-,26-25-,30-27-. The molecule has 1 fully saturated rings. The van der Waals surface area contributed by atoms with Crippen LogP contribution in [-0.2, 0) is 42.9 Å². The van der Waals surface area contributed by atoms with E-state index in [1.807, 2.05) is 0 Å². The van der Waals surface area contributed by atoms with Gasteiger partial charge in [-0.05, 0) is 103 Å². The van der Waals surface area contributed by atoms with Crippen molar-refractivity contribution in [2.24, 2.45) is 0 Å². The highest BCUT2D eigenvalue weighted by molar-refractivity contribution is 5.74. The number of carboxylic acids is 1. The van der Waals surface area contributed by atoms with Gasteiger partial charge in [-0.15, -0.1) is 0 Å². The number of hydrogen-bond acceptors (Lipinski definition) is 11. The van der Waals surface area contributed by atoms with E-state index in [-0.39, 0.29) is 25.9 Å². The van der Waals surface area contributed by atoms with Crippen molar-refractivity contribution in [1.82, 2.24) is 0 Å². The Labute approximate surface area is 430 Å². The number of ether oxygens (including phenoxy) is 5. The molecule has 0 saturated carbocycles. The lowest BCUT2D eigenvalue weighted by Gasteiger charge is -2.40. The van der Waals surface area contributed by atoms with Crippen molar-refractivity contribution in [3.63, 3.8) is 0 Å². The van der Waals surface area contributed by atoms with Gasteiger partial charge in [0.05, 0.1) is 6.61 Å². The summed E-state index contributed by atoms with van der Waals surface area (Å²) in [4.78, 5) is 51.0. The molecule has 1 rings (SSSR count). The van der Waals surface area contributed by atoms with E-state index in [1.54, 1.807) is 0 Å². The summed E-state index contributed by atoms with van der Waals surface area (Å²) in [5, 5.41) is 31.4. The summed E-state index contributed by atoms with van der Waals surface area (Å²) >= 11 is 0. The molecule has 0 spiro atoms. The number of aliphatic hydroxyl groups is 2. The summed E-state index contributed by atoms with van der Waals surface area (Å²) < 4.78 is 28.3. The molecule has 6 atom stereocenters. The summed E-state index contributed by atoms with van der Waals surface area (Å²) in [5.41, 5.74) is 0. The molecule has 12 nitrogen and oxygen atoms in total. The molecule has 0 aromatic rings. The highest BCUT2D eigenvalue weighted by Crippen LogP contribution is 2.26. The summed E-state index contributed by atoms with van der Waals surface area (Å²) in [6.45, 7) is 5.81. The van der Waals surface area contributed by atoms with Crippen LogP contribution in [0.5, 0.6) is 0 Å². The van der Waals surface area contributed by atoms with Gasteiger partial charge in [-0.3, -0.25) is 14.4 Å². The first-order valence-electron chi connectivity index (χ1n) is 28.3. The van der Waals surface area contributed by atoms with Gasteiger partial charge >= 0.3 is 23.9 Å². The lowest BCUT2D eigenvalue weighted by Crippen LogP contribution is -2.61. The number of aliphatic hydroxyl groups excluding tert-OH is 2. The molecular formula is C59H100O12. The summed E-state index contributed by atoms with van der Waals surface area (Å²) in [6.07, 6.45) is 44.8. The third kappa shape index (κ3) is 37.8. The smallest absolute Gasteiger partial charge is 0.335 e. The van der Waals surface area contributed by atoms with E-state index in [2.05, 4.69) is 81.5 Å². The zero-order valence-corrected chi connectivity index (χ0v) is 44.7. The topological polar surface area (TPSA) is 175 Å². The maximum Gasteiger partial charge on any atom is 0.335 e. The summed E-state index contributed by atoms with van der Waals surface area (Å²) in [5.74, 6) is -3.18. The molecule has 6 unspecified atom stereocenters. The van der Waals surface area contributed by atoms with E-state index in [1.165, 1.54) is 64.2 Å². The molecule has 1 saturated heterocycles. The van der Waals surface area contributed by atoms with Crippen molar-refractivity contribution < 1.29 is 58.2 Å². The molecule has 3 N–H and O–H groups in total. The van der Waals surface area contributed by atoms with Gasteiger partial charge in [-0.25, -0.2) is 4.79 Å². The minimum absolute atomic E-state index is 0.0463. The average molecular weight is 1000 g/mol. The molecule has 71 heavy (non-hydrogen) atoms. The zero-order chi connectivity index (χ0) is 51.8. The number of rotatable bonds is 47. The Bertz CT molecular complexity index is 1470. The van der Waals surface area contributed by atoms with Gasteiger partial charge in [0, 0.05) is 19.3 Å². The van der Waals surface area contributed by atoms with Gasteiger partial charge in [-0.2, -0.15) is 0 Å². The van der Waals surface area contributed by atoms with E-state index in [0.717, 1.165) is 116 Å². The molecule has 1 aliphatic heterocycles. The van der Waals surface area contributed by atoms with E-state index in [0.29, 0.717) is 19.3 Å². The molecule has 0 aliphatic carbocycles. The first-order valence-corrected chi connectivity index (χ1v) is 28.3. The largest absolute Gasteiger partial charge is 0.479 e. The van der Waals surface area contributed by atoms with Gasteiger partial charge in [0.15, 0.2) is 24.6 Å². The number of carbonyl (C=O) groups excluding carboxylic acids is 3. The van der Waals surface area contributed by atoms with Crippen LogP contribution in [0.25, 0.3) is 0 Å². The third-order valence-electron chi connectivity index (χ3n) is 12.5. The molecule has 0 amide bonds. The minimum Gasteiger partial charge on any atom is -0.479 e. The number of hydrogen-bond donors (Lipinski definition) is 3. The highest BCUT2D eigenvalue weighted by Gasteiger charge is 2.50. The van der Waals surface area contributed by atoms with Crippen LogP contribution in [0.15, 0.2) is 60.8 Å². The normalized spacial score (nSPS) is 18.9.